The van der Waals surface area contributed by atoms with Crippen molar-refractivity contribution >= 4 is 5.78 Å². The Balaban J connectivity index is 2.66. The molecule has 0 heterocycles. The van der Waals surface area contributed by atoms with E-state index in [2.05, 4.69) is 0 Å². The minimum absolute atomic E-state index is 0.0744. The van der Waals surface area contributed by atoms with Crippen LogP contribution in [0.15, 0.2) is 24.3 Å². The monoisotopic (exact) mass is 221 g/mol. The van der Waals surface area contributed by atoms with E-state index in [1.165, 1.54) is 0 Å². The number of methoxy groups -OCH3 is 1. The molecule has 0 aliphatic carbocycles. The van der Waals surface area contributed by atoms with Crippen LogP contribution >= 0.6 is 0 Å². The van der Waals surface area contributed by atoms with E-state index >= 15 is 0 Å². The molecule has 1 unspecified atom stereocenters. The van der Waals surface area contributed by atoms with Gasteiger partial charge in [0.1, 0.15) is 5.75 Å². The lowest BCUT2D eigenvalue weighted by atomic mass is 9.96. The van der Waals surface area contributed by atoms with E-state index in [0.717, 1.165) is 5.75 Å². The van der Waals surface area contributed by atoms with Gasteiger partial charge < -0.3 is 10.5 Å². The second-order valence-electron chi connectivity index (χ2n) is 4.26. The molecule has 1 aromatic rings. The maximum Gasteiger partial charge on any atom is 0.164 e. The fourth-order valence-electron chi connectivity index (χ4n) is 1.34. The minimum atomic E-state index is -0.0744. The summed E-state index contributed by atoms with van der Waals surface area (Å²) in [5.41, 5.74) is 6.56. The van der Waals surface area contributed by atoms with Crippen LogP contribution in [0.4, 0.5) is 0 Å². The average molecular weight is 221 g/mol. The van der Waals surface area contributed by atoms with Gasteiger partial charge in [0.15, 0.2) is 5.78 Å². The van der Waals surface area contributed by atoms with Gasteiger partial charge >= 0.3 is 0 Å². The third-order valence-electron chi connectivity index (χ3n) is 2.69. The van der Waals surface area contributed by atoms with Gasteiger partial charge in [-0.2, -0.15) is 0 Å². The van der Waals surface area contributed by atoms with Crippen LogP contribution in [-0.2, 0) is 0 Å². The number of ketones is 1. The van der Waals surface area contributed by atoms with E-state index in [9.17, 15) is 4.79 Å². The van der Waals surface area contributed by atoms with Crippen molar-refractivity contribution in [1.82, 2.24) is 0 Å². The Labute approximate surface area is 96.6 Å². The summed E-state index contributed by atoms with van der Waals surface area (Å²) in [6.07, 6.45) is 0.393. The largest absolute Gasteiger partial charge is 0.497 e. The maximum absolute atomic E-state index is 11.8. The lowest BCUT2D eigenvalue weighted by Crippen LogP contribution is -2.29. The highest BCUT2D eigenvalue weighted by molar-refractivity contribution is 5.96. The standard InChI is InChI=1S/C13H19NO2/c1-9(2)12(14)8-13(15)10-4-6-11(16-3)7-5-10/h4-7,9,12H,8,14H2,1-3H3. The summed E-state index contributed by atoms with van der Waals surface area (Å²) in [5, 5.41) is 0. The average Bonchev–Trinajstić information content (AvgIpc) is 2.28. The van der Waals surface area contributed by atoms with Gasteiger partial charge in [-0.1, -0.05) is 13.8 Å². The summed E-state index contributed by atoms with van der Waals surface area (Å²) in [4.78, 5) is 11.8. The van der Waals surface area contributed by atoms with Crippen molar-refractivity contribution in [2.45, 2.75) is 26.3 Å². The molecule has 2 N–H and O–H groups in total. The van der Waals surface area contributed by atoms with Crippen molar-refractivity contribution in [3.8, 4) is 5.75 Å². The highest BCUT2D eigenvalue weighted by Gasteiger charge is 2.14. The molecule has 0 saturated heterocycles. The molecule has 0 spiro atoms. The predicted molar refractivity (Wildman–Crippen MR) is 64.8 cm³/mol. The van der Waals surface area contributed by atoms with Gasteiger partial charge in [0.2, 0.25) is 0 Å². The molecule has 0 fully saturated rings. The fraction of sp³-hybridized carbons (Fsp3) is 0.462. The summed E-state index contributed by atoms with van der Waals surface area (Å²) >= 11 is 0. The third-order valence-corrected chi connectivity index (χ3v) is 2.69. The smallest absolute Gasteiger partial charge is 0.164 e. The molecule has 1 atom stereocenters. The van der Waals surface area contributed by atoms with E-state index in [1.807, 2.05) is 13.8 Å². The van der Waals surface area contributed by atoms with E-state index in [0.29, 0.717) is 17.9 Å². The van der Waals surface area contributed by atoms with Crippen LogP contribution in [0, 0.1) is 5.92 Å². The lowest BCUT2D eigenvalue weighted by Gasteiger charge is -2.14. The van der Waals surface area contributed by atoms with Crippen molar-refractivity contribution in [2.24, 2.45) is 11.7 Å². The number of hydrogen-bond donors (Lipinski definition) is 1. The maximum atomic E-state index is 11.8. The highest BCUT2D eigenvalue weighted by Crippen LogP contribution is 2.14. The highest BCUT2D eigenvalue weighted by atomic mass is 16.5. The molecule has 0 amide bonds. The number of carbonyl (C=O) groups is 1. The summed E-state index contributed by atoms with van der Waals surface area (Å²) in [5.74, 6) is 1.16. The molecule has 88 valence electrons. The number of carbonyl (C=O) groups excluding carboxylic acids is 1. The van der Waals surface area contributed by atoms with Crippen molar-refractivity contribution in [1.29, 1.82) is 0 Å². The van der Waals surface area contributed by atoms with Crippen LogP contribution in [0.2, 0.25) is 0 Å². The van der Waals surface area contributed by atoms with E-state index in [4.69, 9.17) is 10.5 Å². The normalized spacial score (nSPS) is 12.6. The summed E-state index contributed by atoms with van der Waals surface area (Å²) in [7, 11) is 1.60. The molecule has 0 aliphatic heterocycles. The number of benzene rings is 1. The van der Waals surface area contributed by atoms with Gasteiger partial charge in [-0.15, -0.1) is 0 Å². The molecule has 0 aliphatic rings. The molecule has 0 radical (unpaired) electrons. The van der Waals surface area contributed by atoms with E-state index in [-0.39, 0.29) is 11.8 Å². The van der Waals surface area contributed by atoms with Gasteiger partial charge in [0.25, 0.3) is 0 Å². The van der Waals surface area contributed by atoms with Gasteiger partial charge in [-0.3, -0.25) is 4.79 Å². The number of nitrogens with two attached hydrogens (primary N) is 1. The molecule has 3 heteroatoms. The zero-order chi connectivity index (χ0) is 12.1. The predicted octanol–water partition coefficient (Wildman–Crippen LogP) is 2.25. The SMILES string of the molecule is COc1ccc(C(=O)CC(N)C(C)C)cc1. The summed E-state index contributed by atoms with van der Waals surface area (Å²) in [6, 6.07) is 7.04. The molecule has 3 nitrogen and oxygen atoms in total. The lowest BCUT2D eigenvalue weighted by molar-refractivity contribution is 0.0967. The van der Waals surface area contributed by atoms with Crippen molar-refractivity contribution in [2.75, 3.05) is 7.11 Å². The number of ether oxygens (including phenoxy) is 1. The Morgan fingerprint density at radius 2 is 1.88 bits per heavy atom. The zero-order valence-corrected chi connectivity index (χ0v) is 10.1. The molecule has 1 aromatic carbocycles. The number of Topliss-reactive ketones (excluding diaryl/α,β-unsaturated/α-hetero) is 1. The second kappa shape index (κ2) is 5.66. The first-order valence-electron chi connectivity index (χ1n) is 5.47. The molecule has 16 heavy (non-hydrogen) atoms. The Hall–Kier alpha value is -1.35. The number of hydrogen-bond acceptors (Lipinski definition) is 3. The van der Waals surface area contributed by atoms with Gasteiger partial charge in [-0.05, 0) is 30.2 Å². The topological polar surface area (TPSA) is 52.3 Å². The van der Waals surface area contributed by atoms with Crippen LogP contribution in [0.3, 0.4) is 0 Å². The van der Waals surface area contributed by atoms with Crippen LogP contribution in [0.1, 0.15) is 30.6 Å². The molecular weight excluding hydrogens is 202 g/mol. The number of rotatable bonds is 5. The Bertz CT molecular complexity index is 343. The van der Waals surface area contributed by atoms with E-state index < -0.39 is 0 Å². The minimum Gasteiger partial charge on any atom is -0.497 e. The van der Waals surface area contributed by atoms with Crippen molar-refractivity contribution < 1.29 is 9.53 Å². The first-order chi connectivity index (χ1) is 7.54. The summed E-state index contributed by atoms with van der Waals surface area (Å²) in [6.45, 7) is 4.04. The second-order valence-corrected chi connectivity index (χ2v) is 4.26. The quantitative estimate of drug-likeness (QED) is 0.776. The van der Waals surface area contributed by atoms with E-state index in [1.54, 1.807) is 31.4 Å². The van der Waals surface area contributed by atoms with Gasteiger partial charge in [0.05, 0.1) is 7.11 Å². The fourth-order valence-corrected chi connectivity index (χ4v) is 1.34. The zero-order valence-electron chi connectivity index (χ0n) is 10.1. The van der Waals surface area contributed by atoms with Crippen molar-refractivity contribution in [3.63, 3.8) is 0 Å². The Kier molecular flexibility index (Phi) is 4.50. The van der Waals surface area contributed by atoms with Gasteiger partial charge in [-0.25, -0.2) is 0 Å². The first-order valence-corrected chi connectivity index (χ1v) is 5.47. The van der Waals surface area contributed by atoms with Crippen LogP contribution in [0.5, 0.6) is 5.75 Å². The molecule has 0 bridgehead atoms. The molecule has 0 saturated carbocycles. The Morgan fingerprint density at radius 3 is 2.31 bits per heavy atom. The van der Waals surface area contributed by atoms with Crippen molar-refractivity contribution in [3.05, 3.63) is 29.8 Å². The Morgan fingerprint density at radius 1 is 1.31 bits per heavy atom. The molecule has 0 aromatic heterocycles. The third kappa shape index (κ3) is 3.35. The van der Waals surface area contributed by atoms with Crippen LogP contribution < -0.4 is 10.5 Å². The molecule has 1 rings (SSSR count). The molecular formula is C13H19NO2. The summed E-state index contributed by atoms with van der Waals surface area (Å²) < 4.78 is 5.03. The van der Waals surface area contributed by atoms with Crippen LogP contribution in [-0.4, -0.2) is 18.9 Å². The van der Waals surface area contributed by atoms with Crippen LogP contribution in [0.25, 0.3) is 0 Å². The van der Waals surface area contributed by atoms with Gasteiger partial charge in [0, 0.05) is 18.0 Å². The first kappa shape index (κ1) is 12.7.